The van der Waals surface area contributed by atoms with Crippen LogP contribution >= 0.6 is 11.6 Å². The number of benzene rings is 2. The number of rotatable bonds is 3. The predicted octanol–water partition coefficient (Wildman–Crippen LogP) is 3.50. The molecule has 3 nitrogen and oxygen atoms in total. The molecule has 4 rings (SSSR count). The highest BCUT2D eigenvalue weighted by Crippen LogP contribution is 2.35. The van der Waals surface area contributed by atoms with Gasteiger partial charge < -0.3 is 14.8 Å². The third-order valence-electron chi connectivity index (χ3n) is 4.06. The molecule has 2 aliphatic heterocycles. The van der Waals surface area contributed by atoms with Crippen molar-refractivity contribution in [2.24, 2.45) is 0 Å². The fraction of sp³-hybridized carbons (Fsp3) is 0.294. The van der Waals surface area contributed by atoms with Gasteiger partial charge in [0.05, 0.1) is 12.6 Å². The van der Waals surface area contributed by atoms with Crippen molar-refractivity contribution in [3.8, 4) is 11.5 Å². The molecule has 2 heterocycles. The van der Waals surface area contributed by atoms with E-state index in [1.54, 1.807) is 0 Å². The molecule has 0 aliphatic carbocycles. The topological polar surface area (TPSA) is 30.5 Å². The summed E-state index contributed by atoms with van der Waals surface area (Å²) in [7, 11) is 0. The van der Waals surface area contributed by atoms with Gasteiger partial charge in [0.1, 0.15) is 18.1 Å². The van der Waals surface area contributed by atoms with E-state index in [0.717, 1.165) is 41.7 Å². The van der Waals surface area contributed by atoms with Crippen molar-refractivity contribution in [1.29, 1.82) is 0 Å². The summed E-state index contributed by atoms with van der Waals surface area (Å²) in [5, 5.41) is 4.32. The molecule has 4 heteroatoms. The van der Waals surface area contributed by atoms with Crippen LogP contribution in [-0.2, 0) is 13.0 Å². The second kappa shape index (κ2) is 5.24. The van der Waals surface area contributed by atoms with E-state index in [9.17, 15) is 0 Å². The van der Waals surface area contributed by atoms with Crippen molar-refractivity contribution in [3.63, 3.8) is 0 Å². The molecular weight excluding hydrogens is 286 g/mol. The summed E-state index contributed by atoms with van der Waals surface area (Å²) in [6.45, 7) is 2.15. The van der Waals surface area contributed by atoms with Gasteiger partial charge >= 0.3 is 0 Å². The van der Waals surface area contributed by atoms with E-state index in [2.05, 4.69) is 11.4 Å². The Balaban J connectivity index is 1.54. The first-order chi connectivity index (χ1) is 10.3. The van der Waals surface area contributed by atoms with E-state index in [1.807, 2.05) is 30.3 Å². The SMILES string of the molecule is Clc1cc2c(c(CNC3COc4ccccc43)c1)OCC2. The highest BCUT2D eigenvalue weighted by atomic mass is 35.5. The highest BCUT2D eigenvalue weighted by molar-refractivity contribution is 6.30. The zero-order chi connectivity index (χ0) is 14.2. The molecule has 1 unspecified atom stereocenters. The lowest BCUT2D eigenvalue weighted by Gasteiger charge is -2.14. The van der Waals surface area contributed by atoms with Crippen LogP contribution in [0.1, 0.15) is 22.7 Å². The van der Waals surface area contributed by atoms with Crippen LogP contribution in [0.4, 0.5) is 0 Å². The summed E-state index contributed by atoms with van der Waals surface area (Å²) in [6.07, 6.45) is 0.943. The molecule has 1 N–H and O–H groups in total. The van der Waals surface area contributed by atoms with Crippen LogP contribution in [0, 0.1) is 0 Å². The van der Waals surface area contributed by atoms with Crippen LogP contribution < -0.4 is 14.8 Å². The second-order valence-electron chi connectivity index (χ2n) is 5.43. The summed E-state index contributed by atoms with van der Waals surface area (Å²) in [4.78, 5) is 0. The number of para-hydroxylation sites is 1. The number of hydrogen-bond donors (Lipinski definition) is 1. The lowest BCUT2D eigenvalue weighted by atomic mass is 10.1. The maximum absolute atomic E-state index is 6.20. The Bertz CT molecular complexity index is 686. The fourth-order valence-corrected chi connectivity index (χ4v) is 3.31. The number of halogens is 1. The van der Waals surface area contributed by atoms with E-state index < -0.39 is 0 Å². The van der Waals surface area contributed by atoms with Crippen LogP contribution in [0.5, 0.6) is 11.5 Å². The van der Waals surface area contributed by atoms with E-state index in [1.165, 1.54) is 11.1 Å². The van der Waals surface area contributed by atoms with Crippen molar-refractivity contribution < 1.29 is 9.47 Å². The third-order valence-corrected chi connectivity index (χ3v) is 4.28. The van der Waals surface area contributed by atoms with Crippen molar-refractivity contribution >= 4 is 11.6 Å². The molecule has 0 radical (unpaired) electrons. The standard InChI is InChI=1S/C17H16ClNO2/c18-13-7-11-5-6-20-17(11)12(8-13)9-19-15-10-21-16-4-2-1-3-14(15)16/h1-4,7-8,15,19H,5-6,9-10H2. The molecule has 0 spiro atoms. The number of fused-ring (bicyclic) bond motifs is 2. The molecule has 2 aliphatic rings. The first-order valence-electron chi connectivity index (χ1n) is 7.20. The second-order valence-corrected chi connectivity index (χ2v) is 5.87. The summed E-state index contributed by atoms with van der Waals surface area (Å²) < 4.78 is 11.4. The summed E-state index contributed by atoms with van der Waals surface area (Å²) in [6, 6.07) is 12.4. The van der Waals surface area contributed by atoms with Gasteiger partial charge in [0.2, 0.25) is 0 Å². The van der Waals surface area contributed by atoms with Crippen LogP contribution in [0.15, 0.2) is 36.4 Å². The summed E-state index contributed by atoms with van der Waals surface area (Å²) in [5.74, 6) is 1.97. The van der Waals surface area contributed by atoms with Gasteiger partial charge in [-0.1, -0.05) is 29.8 Å². The Labute approximate surface area is 128 Å². The van der Waals surface area contributed by atoms with Gasteiger partial charge in [-0.2, -0.15) is 0 Å². The van der Waals surface area contributed by atoms with Gasteiger partial charge in [-0.05, 0) is 23.8 Å². The molecule has 2 aromatic carbocycles. The van der Waals surface area contributed by atoms with Gasteiger partial charge in [-0.3, -0.25) is 0 Å². The molecule has 2 aromatic rings. The lowest BCUT2D eigenvalue weighted by molar-refractivity contribution is 0.308. The van der Waals surface area contributed by atoms with Crippen molar-refractivity contribution in [1.82, 2.24) is 5.32 Å². The van der Waals surface area contributed by atoms with E-state index in [-0.39, 0.29) is 6.04 Å². The smallest absolute Gasteiger partial charge is 0.127 e. The minimum Gasteiger partial charge on any atom is -0.493 e. The van der Waals surface area contributed by atoms with Gasteiger partial charge in [-0.25, -0.2) is 0 Å². The largest absolute Gasteiger partial charge is 0.493 e. The lowest BCUT2D eigenvalue weighted by Crippen LogP contribution is -2.22. The monoisotopic (exact) mass is 301 g/mol. The normalized spacial score (nSPS) is 18.8. The maximum atomic E-state index is 6.20. The highest BCUT2D eigenvalue weighted by Gasteiger charge is 2.24. The Morgan fingerprint density at radius 2 is 2.10 bits per heavy atom. The molecule has 0 aromatic heterocycles. The molecule has 0 bridgehead atoms. The Hall–Kier alpha value is -1.71. The first-order valence-corrected chi connectivity index (χ1v) is 7.58. The van der Waals surface area contributed by atoms with Gasteiger partial charge in [0, 0.05) is 29.1 Å². The average Bonchev–Trinajstić information content (AvgIpc) is 3.11. The molecule has 0 saturated carbocycles. The fourth-order valence-electron chi connectivity index (χ4n) is 3.04. The van der Waals surface area contributed by atoms with Crippen molar-refractivity contribution in [3.05, 3.63) is 58.1 Å². The molecule has 0 saturated heterocycles. The third kappa shape index (κ3) is 2.37. The van der Waals surface area contributed by atoms with Crippen LogP contribution in [0.3, 0.4) is 0 Å². The Morgan fingerprint density at radius 1 is 1.19 bits per heavy atom. The number of ether oxygens (including phenoxy) is 2. The van der Waals surface area contributed by atoms with Crippen LogP contribution in [0.2, 0.25) is 5.02 Å². The zero-order valence-electron chi connectivity index (χ0n) is 11.6. The predicted molar refractivity (Wildman–Crippen MR) is 82.2 cm³/mol. The maximum Gasteiger partial charge on any atom is 0.127 e. The van der Waals surface area contributed by atoms with Crippen LogP contribution in [0.25, 0.3) is 0 Å². The Morgan fingerprint density at radius 3 is 3.05 bits per heavy atom. The minimum absolute atomic E-state index is 0.220. The van der Waals surface area contributed by atoms with E-state index in [0.29, 0.717) is 6.61 Å². The summed E-state index contributed by atoms with van der Waals surface area (Å²) >= 11 is 6.20. The number of hydrogen-bond acceptors (Lipinski definition) is 3. The number of nitrogens with one attached hydrogen (secondary N) is 1. The molecule has 108 valence electrons. The Kier molecular flexibility index (Phi) is 3.24. The van der Waals surface area contributed by atoms with Gasteiger partial charge in [-0.15, -0.1) is 0 Å². The van der Waals surface area contributed by atoms with Gasteiger partial charge in [0.25, 0.3) is 0 Å². The van der Waals surface area contributed by atoms with Gasteiger partial charge in [0.15, 0.2) is 0 Å². The molecular formula is C17H16ClNO2. The van der Waals surface area contributed by atoms with E-state index >= 15 is 0 Å². The first kappa shape index (κ1) is 13.0. The zero-order valence-corrected chi connectivity index (χ0v) is 12.3. The molecule has 0 fully saturated rings. The quantitative estimate of drug-likeness (QED) is 0.941. The molecule has 0 amide bonds. The summed E-state index contributed by atoms with van der Waals surface area (Å²) in [5.41, 5.74) is 3.55. The van der Waals surface area contributed by atoms with Crippen molar-refractivity contribution in [2.45, 2.75) is 19.0 Å². The average molecular weight is 302 g/mol. The van der Waals surface area contributed by atoms with E-state index in [4.69, 9.17) is 21.1 Å². The molecule has 21 heavy (non-hydrogen) atoms. The van der Waals surface area contributed by atoms with Crippen molar-refractivity contribution in [2.75, 3.05) is 13.2 Å². The molecule has 1 atom stereocenters. The minimum atomic E-state index is 0.220. The van der Waals surface area contributed by atoms with Crippen LogP contribution in [-0.4, -0.2) is 13.2 Å².